The van der Waals surface area contributed by atoms with Gasteiger partial charge in [-0.2, -0.15) is 0 Å². The molecule has 0 unspecified atom stereocenters. The molecule has 16 heavy (non-hydrogen) atoms. The molecule has 0 bridgehead atoms. The molecule has 2 heteroatoms. The van der Waals surface area contributed by atoms with Gasteiger partial charge in [-0.1, -0.05) is 13.8 Å². The van der Waals surface area contributed by atoms with Crippen molar-refractivity contribution < 1.29 is 5.11 Å². The second-order valence-corrected chi connectivity index (χ2v) is 6.08. The quantitative estimate of drug-likeness (QED) is 0.781. The summed E-state index contributed by atoms with van der Waals surface area (Å²) in [5, 5.41) is 9.52. The van der Waals surface area contributed by atoms with E-state index in [0.717, 1.165) is 30.7 Å². The first-order valence-electron chi connectivity index (χ1n) is 7.09. The Balaban J connectivity index is 1.76. The summed E-state index contributed by atoms with van der Waals surface area (Å²) in [6.45, 7) is 7.31. The molecule has 0 spiro atoms. The number of nitrogens with zero attached hydrogens (tertiary/aromatic N) is 1. The van der Waals surface area contributed by atoms with Gasteiger partial charge in [0.15, 0.2) is 0 Å². The van der Waals surface area contributed by atoms with Gasteiger partial charge in [-0.25, -0.2) is 0 Å². The number of hydrogen-bond acceptors (Lipinski definition) is 2. The average Bonchev–Trinajstić information content (AvgIpc) is 2.30. The van der Waals surface area contributed by atoms with Crippen molar-refractivity contribution in [3.05, 3.63) is 0 Å². The minimum Gasteiger partial charge on any atom is -0.393 e. The highest BCUT2D eigenvalue weighted by Crippen LogP contribution is 2.29. The first kappa shape index (κ1) is 12.4. The van der Waals surface area contributed by atoms with E-state index in [9.17, 15) is 5.11 Å². The van der Waals surface area contributed by atoms with Gasteiger partial charge in [0.25, 0.3) is 0 Å². The van der Waals surface area contributed by atoms with E-state index in [1.54, 1.807) is 0 Å². The molecular formula is C14H27NO. The number of rotatable bonds is 2. The maximum Gasteiger partial charge on any atom is 0.0541 e. The molecule has 0 aromatic rings. The molecule has 0 amide bonds. The lowest BCUT2D eigenvalue weighted by molar-refractivity contribution is 0.0507. The summed E-state index contributed by atoms with van der Waals surface area (Å²) >= 11 is 0. The van der Waals surface area contributed by atoms with E-state index >= 15 is 0 Å². The van der Waals surface area contributed by atoms with Gasteiger partial charge in [0.2, 0.25) is 0 Å². The molecule has 2 nitrogen and oxygen atoms in total. The van der Waals surface area contributed by atoms with Crippen LogP contribution in [0.5, 0.6) is 0 Å². The van der Waals surface area contributed by atoms with Crippen LogP contribution in [0.3, 0.4) is 0 Å². The molecule has 0 atom stereocenters. The summed E-state index contributed by atoms with van der Waals surface area (Å²) in [7, 11) is 0. The molecule has 2 rings (SSSR count). The Morgan fingerprint density at radius 2 is 1.50 bits per heavy atom. The van der Waals surface area contributed by atoms with E-state index in [4.69, 9.17) is 0 Å². The normalized spacial score (nSPS) is 34.5. The number of aliphatic hydroxyl groups is 1. The van der Waals surface area contributed by atoms with Crippen molar-refractivity contribution in [2.24, 2.45) is 11.8 Å². The number of likely N-dealkylation sites (tertiary alicyclic amines) is 1. The SMILES string of the molecule is CC(C)C1CCN(C2CCC(O)CC2)CC1. The molecule has 0 radical (unpaired) electrons. The minimum atomic E-state index is -0.00977. The molecule has 2 aliphatic rings. The molecular weight excluding hydrogens is 198 g/mol. The predicted molar refractivity (Wildman–Crippen MR) is 67.4 cm³/mol. The summed E-state index contributed by atoms with van der Waals surface area (Å²) in [4.78, 5) is 2.69. The van der Waals surface area contributed by atoms with Crippen molar-refractivity contribution in [1.82, 2.24) is 4.90 Å². The van der Waals surface area contributed by atoms with Crippen LogP contribution in [-0.2, 0) is 0 Å². The zero-order valence-corrected chi connectivity index (χ0v) is 10.9. The Morgan fingerprint density at radius 1 is 0.938 bits per heavy atom. The van der Waals surface area contributed by atoms with E-state index < -0.39 is 0 Å². The molecule has 1 N–H and O–H groups in total. The fraction of sp³-hybridized carbons (Fsp3) is 1.00. The van der Waals surface area contributed by atoms with Crippen molar-refractivity contribution >= 4 is 0 Å². The first-order valence-corrected chi connectivity index (χ1v) is 7.09. The van der Waals surface area contributed by atoms with Crippen LogP contribution in [0.25, 0.3) is 0 Å². The molecule has 1 saturated carbocycles. The standard InChI is InChI=1S/C14H27NO/c1-11(2)12-7-9-15(10-8-12)13-3-5-14(16)6-4-13/h11-14,16H,3-10H2,1-2H3. The van der Waals surface area contributed by atoms with Crippen LogP contribution >= 0.6 is 0 Å². The van der Waals surface area contributed by atoms with Crippen LogP contribution in [0.2, 0.25) is 0 Å². The summed E-state index contributed by atoms with van der Waals surface area (Å²) in [6, 6.07) is 0.775. The molecule has 2 fully saturated rings. The lowest BCUT2D eigenvalue weighted by Gasteiger charge is -2.41. The molecule has 0 aromatic heterocycles. The van der Waals surface area contributed by atoms with E-state index in [-0.39, 0.29) is 6.10 Å². The van der Waals surface area contributed by atoms with Crippen LogP contribution in [0.15, 0.2) is 0 Å². The van der Waals surface area contributed by atoms with E-state index in [0.29, 0.717) is 0 Å². The van der Waals surface area contributed by atoms with Gasteiger partial charge >= 0.3 is 0 Å². The van der Waals surface area contributed by atoms with Crippen molar-refractivity contribution in [2.75, 3.05) is 13.1 Å². The Bertz CT molecular complexity index is 201. The molecule has 1 aliphatic heterocycles. The topological polar surface area (TPSA) is 23.5 Å². The second kappa shape index (κ2) is 5.50. The first-order chi connectivity index (χ1) is 7.66. The van der Waals surface area contributed by atoms with Crippen LogP contribution < -0.4 is 0 Å². The molecule has 94 valence electrons. The lowest BCUT2D eigenvalue weighted by atomic mass is 9.84. The third-order valence-corrected chi connectivity index (χ3v) is 4.70. The number of hydrogen-bond donors (Lipinski definition) is 1. The minimum absolute atomic E-state index is 0.00977. The highest BCUT2D eigenvalue weighted by atomic mass is 16.3. The zero-order chi connectivity index (χ0) is 11.5. The van der Waals surface area contributed by atoms with Crippen molar-refractivity contribution in [3.8, 4) is 0 Å². The average molecular weight is 225 g/mol. The van der Waals surface area contributed by atoms with Crippen molar-refractivity contribution in [1.29, 1.82) is 0 Å². The van der Waals surface area contributed by atoms with E-state index in [1.807, 2.05) is 0 Å². The zero-order valence-electron chi connectivity index (χ0n) is 10.9. The third kappa shape index (κ3) is 2.98. The monoisotopic (exact) mass is 225 g/mol. The van der Waals surface area contributed by atoms with E-state index in [1.165, 1.54) is 38.8 Å². The summed E-state index contributed by atoms with van der Waals surface area (Å²) < 4.78 is 0. The van der Waals surface area contributed by atoms with Crippen molar-refractivity contribution in [3.63, 3.8) is 0 Å². The number of aliphatic hydroxyl groups excluding tert-OH is 1. The smallest absolute Gasteiger partial charge is 0.0541 e. The summed E-state index contributed by atoms with van der Waals surface area (Å²) in [5.74, 6) is 1.81. The lowest BCUT2D eigenvalue weighted by Crippen LogP contribution is -2.44. The second-order valence-electron chi connectivity index (χ2n) is 6.08. The maximum atomic E-state index is 9.52. The van der Waals surface area contributed by atoms with Gasteiger partial charge in [-0.05, 0) is 63.5 Å². The van der Waals surface area contributed by atoms with Crippen LogP contribution in [0, 0.1) is 11.8 Å². The van der Waals surface area contributed by atoms with Gasteiger partial charge in [-0.15, -0.1) is 0 Å². The molecule has 1 saturated heterocycles. The fourth-order valence-electron chi connectivity index (χ4n) is 3.37. The van der Waals surface area contributed by atoms with Gasteiger partial charge in [0.1, 0.15) is 0 Å². The van der Waals surface area contributed by atoms with Crippen LogP contribution in [0.4, 0.5) is 0 Å². The molecule has 1 heterocycles. The third-order valence-electron chi connectivity index (χ3n) is 4.70. The Morgan fingerprint density at radius 3 is 2.00 bits per heavy atom. The summed E-state index contributed by atoms with van der Waals surface area (Å²) in [6.07, 6.45) is 7.24. The Kier molecular flexibility index (Phi) is 4.26. The van der Waals surface area contributed by atoms with Crippen molar-refractivity contribution in [2.45, 2.75) is 64.5 Å². The summed E-state index contributed by atoms with van der Waals surface area (Å²) in [5.41, 5.74) is 0. The highest BCUT2D eigenvalue weighted by molar-refractivity contribution is 4.83. The Hall–Kier alpha value is -0.0800. The van der Waals surface area contributed by atoms with Gasteiger partial charge in [0, 0.05) is 6.04 Å². The van der Waals surface area contributed by atoms with Crippen LogP contribution in [-0.4, -0.2) is 35.2 Å². The maximum absolute atomic E-state index is 9.52. The molecule has 0 aromatic carbocycles. The van der Waals surface area contributed by atoms with E-state index in [2.05, 4.69) is 18.7 Å². The fourth-order valence-corrected chi connectivity index (χ4v) is 3.37. The Labute approximate surface area is 100 Å². The predicted octanol–water partition coefficient (Wildman–Crippen LogP) is 2.66. The largest absolute Gasteiger partial charge is 0.393 e. The highest BCUT2D eigenvalue weighted by Gasteiger charge is 2.28. The van der Waals surface area contributed by atoms with Crippen LogP contribution in [0.1, 0.15) is 52.4 Å². The molecule has 1 aliphatic carbocycles. The van der Waals surface area contributed by atoms with Gasteiger partial charge in [-0.3, -0.25) is 0 Å². The van der Waals surface area contributed by atoms with Gasteiger partial charge in [0.05, 0.1) is 6.10 Å². The van der Waals surface area contributed by atoms with Gasteiger partial charge < -0.3 is 10.0 Å². The number of piperidine rings is 1.